The Morgan fingerprint density at radius 1 is 1.50 bits per heavy atom. The average molecular weight is 337 g/mol. The second-order valence-electron chi connectivity index (χ2n) is 4.28. The van der Waals surface area contributed by atoms with Gasteiger partial charge in [-0.25, -0.2) is 0 Å². The summed E-state index contributed by atoms with van der Waals surface area (Å²) in [5.41, 5.74) is 7.02. The predicted molar refractivity (Wildman–Crippen MR) is 79.0 cm³/mol. The number of hydrogen-bond donors (Lipinski definition) is 2. The maximum absolute atomic E-state index is 12.3. The van der Waals surface area contributed by atoms with Crippen LogP contribution in [0, 0.1) is 6.92 Å². The van der Waals surface area contributed by atoms with Crippen LogP contribution in [0.3, 0.4) is 0 Å². The second-order valence-corrected chi connectivity index (χ2v) is 5.19. The van der Waals surface area contributed by atoms with Crippen LogP contribution in [0.2, 0.25) is 0 Å². The molecule has 0 aromatic carbocycles. The zero-order chi connectivity index (χ0) is 14.7. The third kappa shape index (κ3) is 2.88. The molecule has 2 aromatic rings. The normalized spacial score (nSPS) is 11.6. The molecule has 2 aromatic heterocycles. The highest BCUT2D eigenvalue weighted by Crippen LogP contribution is 2.11. The van der Waals surface area contributed by atoms with E-state index in [1.54, 1.807) is 29.1 Å². The first-order valence-corrected chi connectivity index (χ1v) is 6.60. The molecule has 0 unspecified atom stereocenters. The molecule has 0 aliphatic rings. The molecule has 104 valence electrons. The Hall–Kier alpha value is -2.15. The summed E-state index contributed by atoms with van der Waals surface area (Å²) in [5, 5.41) is 11.6. The molecule has 0 aliphatic heterocycles. The minimum absolute atomic E-state index is 0.168. The number of oxime groups is 1. The van der Waals surface area contributed by atoms with Crippen molar-refractivity contribution in [3.05, 3.63) is 62.2 Å². The summed E-state index contributed by atoms with van der Waals surface area (Å²) in [7, 11) is 0. The number of aromatic nitrogens is 2. The molecule has 0 amide bonds. The molecular weight excluding hydrogens is 324 g/mol. The van der Waals surface area contributed by atoms with Crippen LogP contribution in [0.25, 0.3) is 0 Å². The Morgan fingerprint density at radius 3 is 2.90 bits per heavy atom. The fraction of sp³-hybridized carbons (Fsp3) is 0.154. The maximum Gasteiger partial charge on any atom is 0.262 e. The van der Waals surface area contributed by atoms with Crippen LogP contribution in [0.5, 0.6) is 0 Å². The third-order valence-corrected chi connectivity index (χ3v) is 3.31. The summed E-state index contributed by atoms with van der Waals surface area (Å²) in [6, 6.07) is 5.18. The van der Waals surface area contributed by atoms with Gasteiger partial charge in [-0.2, -0.15) is 0 Å². The van der Waals surface area contributed by atoms with E-state index in [-0.39, 0.29) is 17.0 Å². The first kappa shape index (κ1) is 14.3. The summed E-state index contributed by atoms with van der Waals surface area (Å²) >= 11 is 3.34. The minimum atomic E-state index is -0.305. The smallest absolute Gasteiger partial charge is 0.262 e. The van der Waals surface area contributed by atoms with Gasteiger partial charge in [0.05, 0.1) is 12.1 Å². The van der Waals surface area contributed by atoms with Gasteiger partial charge in [0, 0.05) is 22.6 Å². The minimum Gasteiger partial charge on any atom is -0.409 e. The number of halogens is 1. The summed E-state index contributed by atoms with van der Waals surface area (Å²) in [5.74, 6) is -0.198. The molecule has 7 heteroatoms. The van der Waals surface area contributed by atoms with Gasteiger partial charge in [-0.15, -0.1) is 0 Å². The summed E-state index contributed by atoms with van der Waals surface area (Å²) in [6.45, 7) is 2.19. The van der Waals surface area contributed by atoms with E-state index in [9.17, 15) is 4.79 Å². The van der Waals surface area contributed by atoms with Gasteiger partial charge in [0.2, 0.25) is 0 Å². The van der Waals surface area contributed by atoms with Crippen LogP contribution in [0.1, 0.15) is 16.8 Å². The maximum atomic E-state index is 12.3. The van der Waals surface area contributed by atoms with Gasteiger partial charge in [-0.05, 0) is 46.6 Å². The first-order chi connectivity index (χ1) is 9.52. The molecule has 0 fully saturated rings. The van der Waals surface area contributed by atoms with E-state index < -0.39 is 0 Å². The van der Waals surface area contributed by atoms with Crippen molar-refractivity contribution in [2.45, 2.75) is 13.5 Å². The van der Waals surface area contributed by atoms with Gasteiger partial charge in [0.15, 0.2) is 5.84 Å². The Bertz CT molecular complexity index is 725. The van der Waals surface area contributed by atoms with E-state index in [1.807, 2.05) is 13.0 Å². The molecule has 3 N–H and O–H groups in total. The number of amidine groups is 1. The predicted octanol–water partition coefficient (Wildman–Crippen LogP) is 1.46. The highest BCUT2D eigenvalue weighted by atomic mass is 79.9. The molecule has 6 nitrogen and oxygen atoms in total. The van der Waals surface area contributed by atoms with Crippen LogP contribution < -0.4 is 11.3 Å². The molecule has 0 bridgehead atoms. The van der Waals surface area contributed by atoms with Gasteiger partial charge >= 0.3 is 0 Å². The number of rotatable bonds is 3. The highest BCUT2D eigenvalue weighted by molar-refractivity contribution is 9.10. The van der Waals surface area contributed by atoms with E-state index in [1.165, 1.54) is 0 Å². The van der Waals surface area contributed by atoms with E-state index >= 15 is 0 Å². The highest BCUT2D eigenvalue weighted by Gasteiger charge is 2.10. The lowest BCUT2D eigenvalue weighted by Gasteiger charge is -2.11. The second kappa shape index (κ2) is 5.87. The van der Waals surface area contributed by atoms with Gasteiger partial charge in [0.25, 0.3) is 5.56 Å². The van der Waals surface area contributed by atoms with Gasteiger partial charge in [-0.3, -0.25) is 9.78 Å². The topological polar surface area (TPSA) is 93.5 Å². The number of aryl methyl sites for hydroxylation is 1. The van der Waals surface area contributed by atoms with Crippen molar-refractivity contribution in [2.75, 3.05) is 0 Å². The SMILES string of the molecule is Cc1ccc(/C(N)=N/O)c(=O)n1Cc1cncc(Br)c1. The van der Waals surface area contributed by atoms with Crippen LogP contribution in [-0.2, 0) is 6.54 Å². The van der Waals surface area contributed by atoms with Crippen LogP contribution in [0.4, 0.5) is 0 Å². The molecule has 2 rings (SSSR count). The van der Waals surface area contributed by atoms with Crippen LogP contribution in [0.15, 0.2) is 45.0 Å². The van der Waals surface area contributed by atoms with Crippen molar-refractivity contribution in [3.63, 3.8) is 0 Å². The quantitative estimate of drug-likeness (QED) is 0.384. The standard InChI is InChI=1S/C13H13BrN4O2/c1-8-2-3-11(12(15)17-20)13(19)18(8)7-9-4-10(14)6-16-5-9/h2-6,20H,7H2,1H3,(H2,15,17). The van der Waals surface area contributed by atoms with E-state index in [2.05, 4.69) is 26.1 Å². The van der Waals surface area contributed by atoms with E-state index in [4.69, 9.17) is 10.9 Å². The lowest BCUT2D eigenvalue weighted by atomic mass is 10.2. The molecule has 0 radical (unpaired) electrons. The Balaban J connectivity index is 2.49. The largest absolute Gasteiger partial charge is 0.409 e. The fourth-order valence-electron chi connectivity index (χ4n) is 1.84. The fourth-order valence-corrected chi connectivity index (χ4v) is 2.25. The van der Waals surface area contributed by atoms with Crippen molar-refractivity contribution >= 4 is 21.8 Å². The molecule has 0 saturated carbocycles. The summed E-state index contributed by atoms with van der Waals surface area (Å²) < 4.78 is 2.39. The van der Waals surface area contributed by atoms with Gasteiger partial charge < -0.3 is 15.5 Å². The number of pyridine rings is 2. The average Bonchev–Trinajstić information content (AvgIpc) is 2.43. The Kier molecular flexibility index (Phi) is 4.19. The van der Waals surface area contributed by atoms with Crippen molar-refractivity contribution in [3.8, 4) is 0 Å². The zero-order valence-electron chi connectivity index (χ0n) is 10.7. The molecule has 0 spiro atoms. The van der Waals surface area contributed by atoms with Crippen molar-refractivity contribution in [1.82, 2.24) is 9.55 Å². The number of hydrogen-bond acceptors (Lipinski definition) is 4. The molecule has 0 atom stereocenters. The van der Waals surface area contributed by atoms with Gasteiger partial charge in [-0.1, -0.05) is 5.16 Å². The number of nitrogens with two attached hydrogens (primary N) is 1. The lowest BCUT2D eigenvalue weighted by Crippen LogP contribution is -2.31. The lowest BCUT2D eigenvalue weighted by molar-refractivity contribution is 0.318. The van der Waals surface area contributed by atoms with E-state index in [0.717, 1.165) is 15.7 Å². The van der Waals surface area contributed by atoms with Crippen molar-refractivity contribution in [1.29, 1.82) is 0 Å². The molecule has 2 heterocycles. The van der Waals surface area contributed by atoms with Crippen LogP contribution in [-0.4, -0.2) is 20.6 Å². The van der Waals surface area contributed by atoms with E-state index in [0.29, 0.717) is 6.54 Å². The molecule has 0 saturated heterocycles. The summed E-state index contributed by atoms with van der Waals surface area (Å²) in [6.07, 6.45) is 3.36. The monoisotopic (exact) mass is 336 g/mol. The van der Waals surface area contributed by atoms with Crippen molar-refractivity contribution < 1.29 is 5.21 Å². The summed E-state index contributed by atoms with van der Waals surface area (Å²) in [4.78, 5) is 16.4. The Morgan fingerprint density at radius 2 is 2.25 bits per heavy atom. The van der Waals surface area contributed by atoms with Gasteiger partial charge in [0.1, 0.15) is 0 Å². The molecule has 0 aliphatic carbocycles. The zero-order valence-corrected chi connectivity index (χ0v) is 12.3. The Labute approximate surface area is 123 Å². The van der Waals surface area contributed by atoms with Crippen molar-refractivity contribution in [2.24, 2.45) is 10.9 Å². The molecule has 20 heavy (non-hydrogen) atoms. The first-order valence-electron chi connectivity index (χ1n) is 5.80. The molecular formula is C13H13BrN4O2. The van der Waals surface area contributed by atoms with Crippen LogP contribution >= 0.6 is 15.9 Å². The third-order valence-electron chi connectivity index (χ3n) is 2.88. The number of nitrogens with zero attached hydrogens (tertiary/aromatic N) is 3.